The molecular weight excluding hydrogens is 620 g/mol. The van der Waals surface area contributed by atoms with E-state index in [9.17, 15) is 50.8 Å². The van der Waals surface area contributed by atoms with Gasteiger partial charge in [-0.3, -0.25) is 4.79 Å². The molecule has 4 unspecified atom stereocenters. The number of phenols is 3. The van der Waals surface area contributed by atoms with Crippen molar-refractivity contribution in [1.82, 2.24) is 0 Å². The Morgan fingerprint density at radius 1 is 0.761 bits per heavy atom. The fourth-order valence-corrected chi connectivity index (χ4v) is 5.20. The molecule has 2 aromatic carbocycles. The Morgan fingerprint density at radius 2 is 1.37 bits per heavy atom. The zero-order chi connectivity index (χ0) is 33.6. The minimum Gasteiger partial charge on any atom is -0.508 e. The van der Waals surface area contributed by atoms with E-state index in [1.165, 1.54) is 33.3 Å². The molecule has 17 heteroatoms. The van der Waals surface area contributed by atoms with E-state index in [1.807, 2.05) is 0 Å². The van der Waals surface area contributed by atoms with Gasteiger partial charge in [0.15, 0.2) is 23.5 Å². The number of ether oxygens (including phenoxy) is 6. The van der Waals surface area contributed by atoms with Crippen LogP contribution in [-0.4, -0.2) is 128 Å². The van der Waals surface area contributed by atoms with Crippen molar-refractivity contribution in [3.63, 3.8) is 0 Å². The minimum absolute atomic E-state index is 0.0207. The summed E-state index contributed by atoms with van der Waals surface area (Å²) in [5.74, 6) is -2.76. The first kappa shape index (κ1) is 33.5. The van der Waals surface area contributed by atoms with Crippen LogP contribution in [0.25, 0.3) is 22.3 Å². The topological polar surface area (TPSA) is 268 Å². The number of hydrogen-bond acceptors (Lipinski definition) is 17. The van der Waals surface area contributed by atoms with Gasteiger partial charge < -0.3 is 78.8 Å². The average molecular weight is 655 g/mol. The Balaban J connectivity index is 1.52. The van der Waals surface area contributed by atoms with E-state index in [0.29, 0.717) is 0 Å². The summed E-state index contributed by atoms with van der Waals surface area (Å²) in [6.45, 7) is 0.824. The van der Waals surface area contributed by atoms with E-state index in [4.69, 9.17) is 32.8 Å². The van der Waals surface area contributed by atoms with Crippen molar-refractivity contribution in [2.24, 2.45) is 0 Å². The van der Waals surface area contributed by atoms with Gasteiger partial charge in [-0.25, -0.2) is 0 Å². The first-order valence-corrected chi connectivity index (χ1v) is 13.9. The molecule has 2 saturated heterocycles. The molecule has 0 spiro atoms. The number of rotatable bonds is 8. The van der Waals surface area contributed by atoms with Gasteiger partial charge in [0.25, 0.3) is 0 Å². The van der Waals surface area contributed by atoms with Gasteiger partial charge in [0.1, 0.15) is 65.2 Å². The molecule has 2 aliphatic rings. The molecule has 3 heterocycles. The summed E-state index contributed by atoms with van der Waals surface area (Å²) in [6, 6.07) is 4.45. The van der Waals surface area contributed by atoms with Crippen LogP contribution in [-0.2, 0) is 14.2 Å². The molecule has 10 atom stereocenters. The molecule has 17 nitrogen and oxygen atoms in total. The van der Waals surface area contributed by atoms with Gasteiger partial charge in [-0.1, -0.05) is 0 Å². The van der Waals surface area contributed by atoms with E-state index in [-0.39, 0.29) is 34.2 Å². The Morgan fingerprint density at radius 3 is 2.00 bits per heavy atom. The predicted molar refractivity (Wildman–Crippen MR) is 152 cm³/mol. The minimum atomic E-state index is -1.97. The van der Waals surface area contributed by atoms with Crippen molar-refractivity contribution in [2.45, 2.75) is 68.3 Å². The van der Waals surface area contributed by atoms with Crippen LogP contribution in [0, 0.1) is 0 Å². The molecule has 1 aromatic heterocycles. The molecule has 3 aromatic rings. The molecule has 0 amide bonds. The van der Waals surface area contributed by atoms with Gasteiger partial charge >= 0.3 is 0 Å². The average Bonchev–Trinajstić information content (AvgIpc) is 3.02. The lowest BCUT2D eigenvalue weighted by molar-refractivity contribution is -0.318. The lowest BCUT2D eigenvalue weighted by Gasteiger charge is -2.42. The van der Waals surface area contributed by atoms with Gasteiger partial charge in [0.2, 0.25) is 23.2 Å². The molecule has 0 radical (unpaired) electrons. The zero-order valence-corrected chi connectivity index (χ0v) is 24.6. The molecule has 0 aliphatic carbocycles. The zero-order valence-electron chi connectivity index (χ0n) is 24.6. The van der Waals surface area contributed by atoms with Crippen LogP contribution in [0.15, 0.2) is 33.5 Å². The van der Waals surface area contributed by atoms with Gasteiger partial charge in [-0.2, -0.15) is 0 Å². The van der Waals surface area contributed by atoms with Crippen LogP contribution < -0.4 is 19.6 Å². The SMILES string of the molecule is COc1cc(-c2oc3cc(O)cc(O)c3c(=O)c2O[C@@H]2OC(CO[C@@H]3OC(C)[C@H](O)C(O)[C@@H]3O)[C@H](O)[C@H](O)C2O)cc(OC)c1O. The second-order valence-corrected chi connectivity index (χ2v) is 10.8. The highest BCUT2D eigenvalue weighted by Crippen LogP contribution is 2.44. The smallest absolute Gasteiger partial charge is 0.239 e. The van der Waals surface area contributed by atoms with Crippen molar-refractivity contribution in [3.8, 4) is 45.8 Å². The van der Waals surface area contributed by atoms with Gasteiger partial charge in [-0.15, -0.1) is 0 Å². The van der Waals surface area contributed by atoms with E-state index in [2.05, 4.69) is 0 Å². The number of aromatic hydroxyl groups is 3. The molecular formula is C29H34O17. The van der Waals surface area contributed by atoms with E-state index >= 15 is 0 Å². The number of benzene rings is 2. The van der Waals surface area contributed by atoms with Crippen LogP contribution in [0.3, 0.4) is 0 Å². The molecule has 2 aliphatic heterocycles. The van der Waals surface area contributed by atoms with Crippen LogP contribution in [0.4, 0.5) is 0 Å². The van der Waals surface area contributed by atoms with Gasteiger partial charge in [0.05, 0.1) is 26.9 Å². The lowest BCUT2D eigenvalue weighted by atomic mass is 9.98. The maximum absolute atomic E-state index is 13.8. The third kappa shape index (κ3) is 5.99. The molecule has 0 saturated carbocycles. The Labute approximate surface area is 259 Å². The molecule has 252 valence electrons. The number of aliphatic hydroxyl groups is 6. The number of fused-ring (bicyclic) bond motifs is 1. The Hall–Kier alpha value is -3.91. The molecule has 5 rings (SSSR count). The highest BCUT2D eigenvalue weighted by molar-refractivity contribution is 5.88. The van der Waals surface area contributed by atoms with Gasteiger partial charge in [0, 0.05) is 17.7 Å². The molecule has 9 N–H and O–H groups in total. The molecule has 46 heavy (non-hydrogen) atoms. The molecule has 0 bridgehead atoms. The van der Waals surface area contributed by atoms with E-state index < -0.39 is 96.1 Å². The van der Waals surface area contributed by atoms with Gasteiger partial charge in [-0.05, 0) is 19.1 Å². The fourth-order valence-electron chi connectivity index (χ4n) is 5.20. The van der Waals surface area contributed by atoms with E-state index in [1.54, 1.807) is 0 Å². The highest BCUT2D eigenvalue weighted by Gasteiger charge is 2.48. The summed E-state index contributed by atoms with van der Waals surface area (Å²) >= 11 is 0. The summed E-state index contributed by atoms with van der Waals surface area (Å²) in [5, 5.41) is 92.7. The number of methoxy groups -OCH3 is 2. The Kier molecular flexibility index (Phi) is 9.50. The summed E-state index contributed by atoms with van der Waals surface area (Å²) in [4.78, 5) is 13.8. The lowest BCUT2D eigenvalue weighted by Crippen LogP contribution is -2.61. The second-order valence-electron chi connectivity index (χ2n) is 10.8. The fraction of sp³-hybridized carbons (Fsp3) is 0.483. The summed E-state index contributed by atoms with van der Waals surface area (Å²) in [5.41, 5.74) is -1.27. The molecule has 2 fully saturated rings. The van der Waals surface area contributed by atoms with Crippen LogP contribution in [0.1, 0.15) is 6.92 Å². The summed E-state index contributed by atoms with van der Waals surface area (Å²) < 4.78 is 38.6. The van der Waals surface area contributed by atoms with Crippen molar-refractivity contribution in [2.75, 3.05) is 20.8 Å². The largest absolute Gasteiger partial charge is 0.508 e. The van der Waals surface area contributed by atoms with Crippen molar-refractivity contribution in [1.29, 1.82) is 0 Å². The normalized spacial score (nSPS) is 31.5. The van der Waals surface area contributed by atoms with Crippen LogP contribution in [0.5, 0.6) is 34.5 Å². The van der Waals surface area contributed by atoms with Crippen LogP contribution in [0.2, 0.25) is 0 Å². The highest BCUT2D eigenvalue weighted by atomic mass is 16.7. The maximum atomic E-state index is 13.8. The van der Waals surface area contributed by atoms with E-state index in [0.717, 1.165) is 12.1 Å². The predicted octanol–water partition coefficient (Wildman–Crippen LogP) is -1.38. The van der Waals surface area contributed by atoms with Crippen molar-refractivity contribution in [3.05, 3.63) is 34.5 Å². The monoisotopic (exact) mass is 654 g/mol. The number of aliphatic hydroxyl groups excluding tert-OH is 6. The first-order valence-electron chi connectivity index (χ1n) is 13.9. The summed E-state index contributed by atoms with van der Waals surface area (Å²) in [7, 11) is 2.51. The quantitative estimate of drug-likeness (QED) is 0.135. The number of phenolic OH excluding ortho intramolecular Hbond substituents is 3. The first-order chi connectivity index (χ1) is 21.8. The third-order valence-electron chi connectivity index (χ3n) is 7.80. The third-order valence-corrected chi connectivity index (χ3v) is 7.80. The maximum Gasteiger partial charge on any atom is 0.239 e. The standard InChI is InChI=1S/C29H34O17/c1-9-18(32)22(36)24(38)28(43-9)42-8-16-20(34)23(37)25(39)29(45-16)46-27-21(35)17-12(31)6-11(30)7-13(17)44-26(27)10-4-14(40-2)19(33)15(5-10)41-3/h4-7,9,16,18,20,22-25,28-34,36-39H,8H2,1-3H3/t9?,16?,18-,20-,22?,23-,24-,25?,28+,29-/m0/s1. The van der Waals surface area contributed by atoms with Crippen molar-refractivity contribution < 1.29 is 78.8 Å². The number of hydrogen-bond donors (Lipinski definition) is 9. The Bertz CT molecular complexity index is 1600. The second kappa shape index (κ2) is 13.1. The summed E-state index contributed by atoms with van der Waals surface area (Å²) in [6.07, 6.45) is -16.2. The van der Waals surface area contributed by atoms with Crippen molar-refractivity contribution >= 4 is 11.0 Å². The van der Waals surface area contributed by atoms with Crippen LogP contribution >= 0.6 is 0 Å².